The number of amides is 1. The molecule has 6 nitrogen and oxygen atoms in total. The molecule has 1 aromatic heterocycles. The van der Waals surface area contributed by atoms with E-state index in [9.17, 15) is 22.4 Å². The number of nitrogens with one attached hydrogen (secondary N) is 1. The monoisotopic (exact) mass is 454 g/mol. The van der Waals surface area contributed by atoms with Crippen LogP contribution in [0.2, 0.25) is 0 Å². The van der Waals surface area contributed by atoms with Crippen LogP contribution >= 0.6 is 11.3 Å². The van der Waals surface area contributed by atoms with Gasteiger partial charge in [-0.05, 0) is 25.1 Å². The van der Waals surface area contributed by atoms with Gasteiger partial charge in [0.05, 0.1) is 5.69 Å². The van der Waals surface area contributed by atoms with E-state index in [1.54, 1.807) is 23.6 Å². The average Bonchev–Trinajstić information content (AvgIpc) is 3.23. The van der Waals surface area contributed by atoms with E-state index in [-0.39, 0.29) is 11.2 Å². The standard InChI is InChI=1S/C20H14F4N2O4S/c1-9(30-18-16(23)11(21)7-12(22)17(18)24)19(27)26-20-25-13(8-31-20)10-2-3-14-15(6-10)29-5-4-28-14/h2-3,6-9H,4-5H2,1H3,(H,25,26,27). The summed E-state index contributed by atoms with van der Waals surface area (Å²) in [5.41, 5.74) is 1.28. The maximum Gasteiger partial charge on any atom is 0.266 e. The Bertz CT molecular complexity index is 1130. The topological polar surface area (TPSA) is 69.7 Å². The molecule has 1 aliphatic rings. The number of hydrogen-bond acceptors (Lipinski definition) is 6. The molecule has 162 valence electrons. The number of hydrogen-bond donors (Lipinski definition) is 1. The fraction of sp³-hybridized carbons (Fsp3) is 0.200. The number of rotatable bonds is 5. The van der Waals surface area contributed by atoms with Gasteiger partial charge in [-0.3, -0.25) is 10.1 Å². The van der Waals surface area contributed by atoms with Crippen LogP contribution < -0.4 is 19.5 Å². The number of carbonyl (C=O) groups excluding carboxylic acids is 1. The molecule has 0 fully saturated rings. The predicted molar refractivity (Wildman–Crippen MR) is 104 cm³/mol. The average molecular weight is 454 g/mol. The highest BCUT2D eigenvalue weighted by Crippen LogP contribution is 2.35. The summed E-state index contributed by atoms with van der Waals surface area (Å²) in [6.45, 7) is 2.07. The van der Waals surface area contributed by atoms with E-state index in [0.29, 0.717) is 30.4 Å². The minimum absolute atomic E-state index is 0.0528. The molecule has 4 rings (SSSR count). The molecular formula is C20H14F4N2O4S. The summed E-state index contributed by atoms with van der Waals surface area (Å²) in [5.74, 6) is -7.64. The maximum atomic E-state index is 13.7. The molecule has 0 radical (unpaired) electrons. The van der Waals surface area contributed by atoms with Crippen LogP contribution in [0, 0.1) is 23.3 Å². The van der Waals surface area contributed by atoms with Gasteiger partial charge in [0.15, 0.2) is 40.1 Å². The van der Waals surface area contributed by atoms with Crippen LogP contribution in [0.25, 0.3) is 11.3 Å². The van der Waals surface area contributed by atoms with E-state index in [0.717, 1.165) is 16.9 Å². The van der Waals surface area contributed by atoms with Gasteiger partial charge in [0, 0.05) is 17.0 Å². The summed E-state index contributed by atoms with van der Waals surface area (Å²) >= 11 is 1.11. The highest BCUT2D eigenvalue weighted by molar-refractivity contribution is 7.14. The third kappa shape index (κ3) is 4.26. The van der Waals surface area contributed by atoms with E-state index >= 15 is 0 Å². The van der Waals surface area contributed by atoms with E-state index in [1.165, 1.54) is 6.92 Å². The SMILES string of the molecule is CC(Oc1c(F)c(F)cc(F)c1F)C(=O)Nc1nc(-c2ccc3c(c2)OCCO3)cs1. The van der Waals surface area contributed by atoms with E-state index in [2.05, 4.69) is 10.3 Å². The van der Waals surface area contributed by atoms with E-state index in [4.69, 9.17) is 14.2 Å². The highest BCUT2D eigenvalue weighted by Gasteiger charge is 2.25. The molecule has 2 aromatic carbocycles. The lowest BCUT2D eigenvalue weighted by atomic mass is 10.1. The van der Waals surface area contributed by atoms with Gasteiger partial charge < -0.3 is 14.2 Å². The molecule has 1 atom stereocenters. The minimum Gasteiger partial charge on any atom is -0.486 e. The van der Waals surface area contributed by atoms with Gasteiger partial charge in [-0.1, -0.05) is 0 Å². The van der Waals surface area contributed by atoms with Crippen molar-refractivity contribution in [3.63, 3.8) is 0 Å². The zero-order valence-corrected chi connectivity index (χ0v) is 16.7. The first-order valence-electron chi connectivity index (χ1n) is 8.99. The number of fused-ring (bicyclic) bond motifs is 1. The highest BCUT2D eigenvalue weighted by atomic mass is 32.1. The van der Waals surface area contributed by atoms with Gasteiger partial charge in [0.2, 0.25) is 11.6 Å². The lowest BCUT2D eigenvalue weighted by molar-refractivity contribution is -0.122. The van der Waals surface area contributed by atoms with Crippen LogP contribution in [0.5, 0.6) is 17.2 Å². The van der Waals surface area contributed by atoms with Gasteiger partial charge >= 0.3 is 0 Å². The van der Waals surface area contributed by atoms with Crippen molar-refractivity contribution in [3.8, 4) is 28.5 Å². The zero-order valence-electron chi connectivity index (χ0n) is 15.9. The van der Waals surface area contributed by atoms with Crippen molar-refractivity contribution in [2.75, 3.05) is 18.5 Å². The van der Waals surface area contributed by atoms with Crippen LogP contribution in [0.3, 0.4) is 0 Å². The number of anilines is 1. The molecule has 1 unspecified atom stereocenters. The second-order valence-electron chi connectivity index (χ2n) is 6.44. The summed E-state index contributed by atoms with van der Waals surface area (Å²) in [6.07, 6.45) is -1.47. The van der Waals surface area contributed by atoms with Gasteiger partial charge in [-0.15, -0.1) is 11.3 Å². The molecule has 1 aliphatic heterocycles. The van der Waals surface area contributed by atoms with Gasteiger partial charge in [0.25, 0.3) is 5.91 Å². The summed E-state index contributed by atoms with van der Waals surface area (Å²) < 4.78 is 69.9. The second-order valence-corrected chi connectivity index (χ2v) is 7.30. The maximum absolute atomic E-state index is 13.7. The van der Waals surface area contributed by atoms with Crippen molar-refractivity contribution in [1.82, 2.24) is 4.98 Å². The second kappa shape index (κ2) is 8.42. The quantitative estimate of drug-likeness (QED) is 0.453. The summed E-state index contributed by atoms with van der Waals surface area (Å²) in [7, 11) is 0. The lowest BCUT2D eigenvalue weighted by Crippen LogP contribution is -2.31. The molecule has 3 aromatic rings. The minimum atomic E-state index is -1.73. The fourth-order valence-electron chi connectivity index (χ4n) is 2.76. The van der Waals surface area contributed by atoms with Crippen LogP contribution in [-0.4, -0.2) is 30.2 Å². The molecule has 2 heterocycles. The van der Waals surface area contributed by atoms with Crippen LogP contribution in [-0.2, 0) is 4.79 Å². The van der Waals surface area contributed by atoms with Crippen LogP contribution in [0.15, 0.2) is 29.6 Å². The van der Waals surface area contributed by atoms with Crippen molar-refractivity contribution >= 4 is 22.4 Å². The molecule has 0 saturated heterocycles. The van der Waals surface area contributed by atoms with Crippen LogP contribution in [0.4, 0.5) is 22.7 Å². The Labute approximate surface area is 177 Å². The first kappa shape index (κ1) is 20.9. The molecule has 1 amide bonds. The third-order valence-corrected chi connectivity index (χ3v) is 5.07. The number of thiazole rings is 1. The molecule has 0 spiro atoms. The Balaban J connectivity index is 1.46. The summed E-state index contributed by atoms with van der Waals surface area (Å²) in [5, 5.41) is 4.32. The number of nitrogens with zero attached hydrogens (tertiary/aromatic N) is 1. The largest absolute Gasteiger partial charge is 0.486 e. The zero-order chi connectivity index (χ0) is 22.1. The fourth-order valence-corrected chi connectivity index (χ4v) is 3.48. The molecular weight excluding hydrogens is 440 g/mol. The van der Waals surface area contributed by atoms with Crippen molar-refractivity contribution in [1.29, 1.82) is 0 Å². The first-order chi connectivity index (χ1) is 14.8. The van der Waals surface area contributed by atoms with Crippen molar-refractivity contribution < 1.29 is 36.6 Å². The number of ether oxygens (including phenoxy) is 3. The van der Waals surface area contributed by atoms with Gasteiger partial charge in [0.1, 0.15) is 13.2 Å². The van der Waals surface area contributed by atoms with Crippen molar-refractivity contribution in [2.24, 2.45) is 0 Å². The molecule has 0 aliphatic carbocycles. The van der Waals surface area contributed by atoms with Gasteiger partial charge in [-0.25, -0.2) is 13.8 Å². The smallest absolute Gasteiger partial charge is 0.266 e. The number of carbonyl (C=O) groups is 1. The third-order valence-electron chi connectivity index (χ3n) is 4.31. The molecule has 0 bridgehead atoms. The molecule has 0 saturated carbocycles. The Hall–Kier alpha value is -3.34. The Morgan fingerprint density at radius 2 is 1.77 bits per heavy atom. The van der Waals surface area contributed by atoms with Crippen LogP contribution in [0.1, 0.15) is 6.92 Å². The summed E-state index contributed by atoms with van der Waals surface area (Å²) in [4.78, 5) is 16.6. The lowest BCUT2D eigenvalue weighted by Gasteiger charge is -2.18. The normalized spacial score (nSPS) is 13.6. The molecule has 31 heavy (non-hydrogen) atoms. The number of benzene rings is 2. The number of halogens is 4. The Kier molecular flexibility index (Phi) is 5.68. The van der Waals surface area contributed by atoms with E-state index < -0.39 is 41.0 Å². The van der Waals surface area contributed by atoms with Gasteiger partial charge in [-0.2, -0.15) is 8.78 Å². The van der Waals surface area contributed by atoms with Crippen molar-refractivity contribution in [2.45, 2.75) is 13.0 Å². The number of aromatic nitrogens is 1. The Morgan fingerprint density at radius 3 is 2.48 bits per heavy atom. The van der Waals surface area contributed by atoms with E-state index in [1.807, 2.05) is 0 Å². The molecule has 1 N–H and O–H groups in total. The first-order valence-corrected chi connectivity index (χ1v) is 9.87. The predicted octanol–water partition coefficient (Wildman–Crippen LogP) is 4.54. The molecule has 11 heteroatoms. The van der Waals surface area contributed by atoms with Crippen molar-refractivity contribution in [3.05, 3.63) is 52.9 Å². The summed E-state index contributed by atoms with van der Waals surface area (Å²) in [6, 6.07) is 5.34. The Morgan fingerprint density at radius 1 is 1.10 bits per heavy atom.